The molecule has 26 heavy (non-hydrogen) atoms. The second kappa shape index (κ2) is 21.0. The van der Waals surface area contributed by atoms with Crippen molar-refractivity contribution in [3.63, 3.8) is 0 Å². The fourth-order valence-electron chi connectivity index (χ4n) is 3.59. The van der Waals surface area contributed by atoms with Crippen LogP contribution in [-0.4, -0.2) is 5.97 Å². The van der Waals surface area contributed by atoms with Gasteiger partial charge in [-0.05, 0) is 24.6 Å². The second-order valence-corrected chi connectivity index (χ2v) is 7.94. The predicted octanol–water partition coefficient (Wildman–Crippen LogP) is 6.51. The molecular formula is C22H45ClNO2-. The number of aliphatic carboxylic acids is 1. The second-order valence-electron chi connectivity index (χ2n) is 7.94. The number of hydrogen-bond acceptors (Lipinski definition) is 3. The molecule has 4 heteroatoms. The number of rotatable bonds is 18. The lowest BCUT2D eigenvalue weighted by molar-refractivity contribution is -0.319. The summed E-state index contributed by atoms with van der Waals surface area (Å²) in [7, 11) is 0. The summed E-state index contributed by atoms with van der Waals surface area (Å²) in [6, 6.07) is 0. The third kappa shape index (κ3) is 17.1. The Bertz CT molecular complexity index is 300. The zero-order chi connectivity index (χ0) is 20.1. The fourth-order valence-corrected chi connectivity index (χ4v) is 3.59. The normalized spacial score (nSPS) is 13.0. The van der Waals surface area contributed by atoms with Gasteiger partial charge in [0.05, 0.1) is 0 Å². The number of carbonyl (C=O) groups excluding carboxylic acids is 1. The van der Waals surface area contributed by atoms with Crippen LogP contribution in [0.1, 0.15) is 130 Å². The molecule has 0 saturated heterocycles. The maximum atomic E-state index is 11.3. The summed E-state index contributed by atoms with van der Waals surface area (Å²) >= 11 is 4.14. The molecule has 0 saturated carbocycles. The Morgan fingerprint density at radius 3 is 1.35 bits per heavy atom. The highest BCUT2D eigenvalue weighted by molar-refractivity contribution is 6.11. The van der Waals surface area contributed by atoms with Crippen LogP contribution in [0.3, 0.4) is 0 Å². The van der Waals surface area contributed by atoms with Gasteiger partial charge in [0.15, 0.2) is 0 Å². The molecule has 1 atom stereocenters. The van der Waals surface area contributed by atoms with Crippen molar-refractivity contribution >= 4 is 17.7 Å². The van der Waals surface area contributed by atoms with Gasteiger partial charge in [-0.15, -0.1) is 0 Å². The number of hydrogen-bond donors (Lipinski definition) is 1. The number of carboxylic acids is 1. The lowest BCUT2D eigenvalue weighted by atomic mass is 9.80. The molecule has 0 aromatic carbocycles. The SMILES string of the molecule is CCCCCCCCCCCCCCCCC(C)(CCC)C(=O)[O-].NCl. The minimum absolute atomic E-state index is 0.605. The first kappa shape index (κ1) is 27.9. The lowest BCUT2D eigenvalue weighted by Crippen LogP contribution is -2.40. The summed E-state index contributed by atoms with van der Waals surface area (Å²) in [4.78, 5) is 11.3. The summed E-state index contributed by atoms with van der Waals surface area (Å²) < 4.78 is 0. The van der Waals surface area contributed by atoms with Crippen LogP contribution in [0.25, 0.3) is 0 Å². The third-order valence-electron chi connectivity index (χ3n) is 5.38. The van der Waals surface area contributed by atoms with E-state index in [1.165, 1.54) is 83.5 Å². The van der Waals surface area contributed by atoms with Gasteiger partial charge in [0.1, 0.15) is 0 Å². The predicted molar refractivity (Wildman–Crippen MR) is 113 cm³/mol. The van der Waals surface area contributed by atoms with Crippen molar-refractivity contribution < 1.29 is 9.90 Å². The number of halogens is 1. The summed E-state index contributed by atoms with van der Waals surface area (Å²) in [6.45, 7) is 6.17. The van der Waals surface area contributed by atoms with E-state index < -0.39 is 11.4 Å². The topological polar surface area (TPSA) is 66.1 Å². The highest BCUT2D eigenvalue weighted by atomic mass is 35.5. The monoisotopic (exact) mass is 390 g/mol. The zero-order valence-corrected chi connectivity index (χ0v) is 18.5. The van der Waals surface area contributed by atoms with Crippen LogP contribution in [0.15, 0.2) is 0 Å². The molecule has 0 rings (SSSR count). The van der Waals surface area contributed by atoms with Crippen LogP contribution in [0.4, 0.5) is 0 Å². The highest BCUT2D eigenvalue weighted by Gasteiger charge is 2.23. The van der Waals surface area contributed by atoms with Crippen molar-refractivity contribution in [3.05, 3.63) is 0 Å². The van der Waals surface area contributed by atoms with Crippen LogP contribution in [0.5, 0.6) is 0 Å². The van der Waals surface area contributed by atoms with Gasteiger partial charge in [-0.3, -0.25) is 0 Å². The number of unbranched alkanes of at least 4 members (excludes halogenated alkanes) is 13. The van der Waals surface area contributed by atoms with E-state index in [0.717, 1.165) is 25.7 Å². The van der Waals surface area contributed by atoms with Crippen LogP contribution in [0.2, 0.25) is 0 Å². The Balaban J connectivity index is 0. The molecule has 0 amide bonds. The van der Waals surface area contributed by atoms with E-state index in [2.05, 4.69) is 24.0 Å². The molecule has 0 heterocycles. The lowest BCUT2D eigenvalue weighted by Gasteiger charge is -2.30. The van der Waals surface area contributed by atoms with E-state index in [-0.39, 0.29) is 0 Å². The molecule has 0 aromatic heterocycles. The molecule has 0 radical (unpaired) electrons. The van der Waals surface area contributed by atoms with Crippen LogP contribution < -0.4 is 10.4 Å². The average molecular weight is 391 g/mol. The van der Waals surface area contributed by atoms with Crippen molar-refractivity contribution in [2.45, 2.75) is 130 Å². The Labute approximate surface area is 168 Å². The molecule has 0 aliphatic heterocycles. The van der Waals surface area contributed by atoms with E-state index in [4.69, 9.17) is 0 Å². The van der Waals surface area contributed by atoms with Crippen molar-refractivity contribution in [3.8, 4) is 0 Å². The van der Waals surface area contributed by atoms with Crippen LogP contribution in [0, 0.1) is 5.41 Å². The molecule has 0 spiro atoms. The molecule has 2 N–H and O–H groups in total. The van der Waals surface area contributed by atoms with E-state index in [1.807, 2.05) is 13.8 Å². The largest absolute Gasteiger partial charge is 0.550 e. The molecular weight excluding hydrogens is 346 g/mol. The molecule has 0 aromatic rings. The van der Waals surface area contributed by atoms with Gasteiger partial charge in [0.2, 0.25) is 0 Å². The standard InChI is InChI=1S/C22H44O2.ClH2N/c1-4-6-7-8-9-10-11-12-13-14-15-16-17-18-20-22(3,19-5-2)21(23)24;1-2/h4-20H2,1-3H3,(H,23,24);2H2/p-1. The first-order valence-corrected chi connectivity index (χ1v) is 11.4. The molecule has 0 aliphatic rings. The van der Waals surface area contributed by atoms with E-state index in [1.54, 1.807) is 0 Å². The summed E-state index contributed by atoms with van der Waals surface area (Å²) in [5, 5.41) is 15.2. The van der Waals surface area contributed by atoms with E-state index in [0.29, 0.717) is 0 Å². The first-order valence-electron chi connectivity index (χ1n) is 11.0. The minimum Gasteiger partial charge on any atom is -0.550 e. The smallest absolute Gasteiger partial charge is 0.0473 e. The number of nitrogens with two attached hydrogens (primary N) is 1. The Hall–Kier alpha value is -0.280. The first-order chi connectivity index (χ1) is 12.6. The molecule has 0 aliphatic carbocycles. The molecule has 0 fully saturated rings. The quantitative estimate of drug-likeness (QED) is 0.214. The van der Waals surface area contributed by atoms with Gasteiger partial charge in [-0.25, -0.2) is 5.25 Å². The highest BCUT2D eigenvalue weighted by Crippen LogP contribution is 2.29. The van der Waals surface area contributed by atoms with Crippen molar-refractivity contribution in [1.29, 1.82) is 0 Å². The third-order valence-corrected chi connectivity index (χ3v) is 5.38. The van der Waals surface area contributed by atoms with E-state index in [9.17, 15) is 9.90 Å². The van der Waals surface area contributed by atoms with Crippen LogP contribution in [-0.2, 0) is 4.79 Å². The van der Waals surface area contributed by atoms with Crippen molar-refractivity contribution in [2.75, 3.05) is 0 Å². The maximum absolute atomic E-state index is 11.3. The summed E-state index contributed by atoms with van der Waals surface area (Å²) in [5.74, 6) is -0.862. The zero-order valence-electron chi connectivity index (χ0n) is 17.8. The molecule has 0 bridgehead atoms. The fraction of sp³-hybridized carbons (Fsp3) is 0.955. The molecule has 3 nitrogen and oxygen atoms in total. The van der Waals surface area contributed by atoms with Gasteiger partial charge in [-0.2, -0.15) is 0 Å². The summed E-state index contributed by atoms with van der Waals surface area (Å²) in [5.41, 5.74) is -0.605. The van der Waals surface area contributed by atoms with Gasteiger partial charge in [0, 0.05) is 11.4 Å². The Kier molecular flexibility index (Phi) is 22.6. The van der Waals surface area contributed by atoms with Gasteiger partial charge in [0.25, 0.3) is 0 Å². The van der Waals surface area contributed by atoms with Crippen molar-refractivity contribution in [2.24, 2.45) is 10.7 Å². The van der Waals surface area contributed by atoms with E-state index >= 15 is 0 Å². The molecule has 158 valence electrons. The number of carboxylic acid groups (broad SMARTS) is 1. The Morgan fingerprint density at radius 2 is 1.04 bits per heavy atom. The van der Waals surface area contributed by atoms with Crippen molar-refractivity contribution in [1.82, 2.24) is 0 Å². The summed E-state index contributed by atoms with van der Waals surface area (Å²) in [6.07, 6.45) is 21.2. The maximum Gasteiger partial charge on any atom is 0.0473 e. The Morgan fingerprint density at radius 1 is 0.692 bits per heavy atom. The average Bonchev–Trinajstić information content (AvgIpc) is 2.64. The van der Waals surface area contributed by atoms with Gasteiger partial charge in [-0.1, -0.05) is 117 Å². The van der Waals surface area contributed by atoms with Gasteiger partial charge < -0.3 is 9.90 Å². The van der Waals surface area contributed by atoms with Gasteiger partial charge >= 0.3 is 0 Å². The van der Waals surface area contributed by atoms with Crippen LogP contribution >= 0.6 is 11.8 Å². The molecule has 1 unspecified atom stereocenters. The minimum atomic E-state index is -0.862. The number of carbonyl (C=O) groups is 1.